The molecule has 3 aliphatic rings. The molecule has 8 nitrogen and oxygen atoms in total. The predicted octanol–water partition coefficient (Wildman–Crippen LogP) is 3.82. The summed E-state index contributed by atoms with van der Waals surface area (Å²) in [6.07, 6.45) is 4.12. The van der Waals surface area contributed by atoms with Gasteiger partial charge in [-0.1, -0.05) is 0 Å². The minimum atomic E-state index is -1.12. The summed E-state index contributed by atoms with van der Waals surface area (Å²) >= 11 is 0. The summed E-state index contributed by atoms with van der Waals surface area (Å²) in [6.45, 7) is 5.27. The topological polar surface area (TPSA) is 103 Å². The van der Waals surface area contributed by atoms with Crippen LogP contribution in [0.1, 0.15) is 32.1 Å². The van der Waals surface area contributed by atoms with E-state index in [1.807, 2.05) is 0 Å². The summed E-state index contributed by atoms with van der Waals surface area (Å²) in [4.78, 5) is 14.3. The maximum absolute atomic E-state index is 14.5. The normalized spacial score (nSPS) is 24.3. The molecule has 2 aliphatic heterocycles. The van der Waals surface area contributed by atoms with Gasteiger partial charge in [0.15, 0.2) is 11.6 Å². The Kier molecular flexibility index (Phi) is 7.39. The standard InChI is InChI=1S/C26H30F2N6O2/c27-22-12-20(31-25(35)3-6-29)11-21(26(22)28)23-1-2-24(33-32-23)30-19-9-17-14-34(15-18(17)10-19)13-16-4-7-36-8-5-16/h1-2,11-12,16-19H,3-5,7-10,13-15H2,(H,30,33)(H,31,35)/t17-,18?,19?/m1/s1. The molecule has 2 N–H and O–H groups in total. The average molecular weight is 497 g/mol. The van der Waals surface area contributed by atoms with E-state index in [1.54, 1.807) is 18.2 Å². The number of amides is 1. The van der Waals surface area contributed by atoms with Crippen molar-refractivity contribution in [2.75, 3.05) is 43.5 Å². The van der Waals surface area contributed by atoms with Crippen molar-refractivity contribution in [2.24, 2.45) is 17.8 Å². The van der Waals surface area contributed by atoms with Crippen molar-refractivity contribution in [3.63, 3.8) is 0 Å². The molecule has 1 saturated carbocycles. The molecule has 3 heterocycles. The lowest BCUT2D eigenvalue weighted by molar-refractivity contribution is -0.115. The van der Waals surface area contributed by atoms with Crippen molar-refractivity contribution in [3.8, 4) is 17.3 Å². The van der Waals surface area contributed by atoms with Crippen molar-refractivity contribution in [1.82, 2.24) is 15.1 Å². The van der Waals surface area contributed by atoms with Gasteiger partial charge in [0.1, 0.15) is 12.2 Å². The van der Waals surface area contributed by atoms with Gasteiger partial charge in [-0.15, -0.1) is 10.2 Å². The van der Waals surface area contributed by atoms with Crippen molar-refractivity contribution in [2.45, 2.75) is 38.1 Å². The molecule has 2 unspecified atom stereocenters. The van der Waals surface area contributed by atoms with E-state index in [0.29, 0.717) is 23.7 Å². The number of benzene rings is 1. The fourth-order valence-corrected chi connectivity index (χ4v) is 5.84. The number of aromatic nitrogens is 2. The molecule has 1 aromatic heterocycles. The zero-order chi connectivity index (χ0) is 25.1. The number of nitriles is 1. The zero-order valence-corrected chi connectivity index (χ0v) is 20.1. The van der Waals surface area contributed by atoms with Gasteiger partial charge in [0.05, 0.1) is 11.8 Å². The highest BCUT2D eigenvalue weighted by atomic mass is 19.2. The van der Waals surface area contributed by atoms with Crippen LogP contribution in [0.5, 0.6) is 0 Å². The van der Waals surface area contributed by atoms with Gasteiger partial charge in [0.2, 0.25) is 5.91 Å². The largest absolute Gasteiger partial charge is 0.381 e. The van der Waals surface area contributed by atoms with Crippen LogP contribution in [-0.4, -0.2) is 59.9 Å². The number of carbonyl (C=O) groups excluding carboxylic acids is 1. The number of fused-ring (bicyclic) bond motifs is 1. The van der Waals surface area contributed by atoms with Gasteiger partial charge in [0, 0.05) is 56.2 Å². The Balaban J connectivity index is 1.17. The molecule has 190 valence electrons. The van der Waals surface area contributed by atoms with Crippen LogP contribution >= 0.6 is 0 Å². The van der Waals surface area contributed by atoms with E-state index < -0.39 is 17.5 Å². The van der Waals surface area contributed by atoms with Crippen molar-refractivity contribution < 1.29 is 18.3 Å². The summed E-state index contributed by atoms with van der Waals surface area (Å²) in [5.41, 5.74) is 0.0956. The number of hydrogen-bond donors (Lipinski definition) is 2. The molecule has 3 atom stereocenters. The summed E-state index contributed by atoms with van der Waals surface area (Å²) in [5.74, 6) is -0.0658. The number of carbonyl (C=O) groups is 1. The summed E-state index contributed by atoms with van der Waals surface area (Å²) in [5, 5.41) is 22.8. The number of halogens is 2. The van der Waals surface area contributed by atoms with Crippen LogP contribution in [0.4, 0.5) is 20.3 Å². The number of likely N-dealkylation sites (tertiary alicyclic amines) is 1. The molecule has 36 heavy (non-hydrogen) atoms. The molecule has 2 aromatic rings. The van der Waals surface area contributed by atoms with Gasteiger partial charge >= 0.3 is 0 Å². The molecule has 1 amide bonds. The molecule has 10 heteroatoms. The Morgan fingerprint density at radius 3 is 2.56 bits per heavy atom. The summed E-state index contributed by atoms with van der Waals surface area (Å²) < 4.78 is 34.1. The Morgan fingerprint density at radius 1 is 1.14 bits per heavy atom. The second kappa shape index (κ2) is 10.8. The fourth-order valence-electron chi connectivity index (χ4n) is 5.84. The van der Waals surface area contributed by atoms with Gasteiger partial charge in [-0.05, 0) is 61.6 Å². The van der Waals surface area contributed by atoms with Crippen LogP contribution in [0.2, 0.25) is 0 Å². The van der Waals surface area contributed by atoms with Crippen LogP contribution < -0.4 is 10.6 Å². The van der Waals surface area contributed by atoms with Gasteiger partial charge in [0.25, 0.3) is 0 Å². The number of nitrogens with zero attached hydrogens (tertiary/aromatic N) is 4. The molecule has 2 saturated heterocycles. The maximum Gasteiger partial charge on any atom is 0.238 e. The van der Waals surface area contributed by atoms with E-state index in [2.05, 4.69) is 25.7 Å². The molecule has 1 aliphatic carbocycles. The quantitative estimate of drug-likeness (QED) is 0.601. The fraction of sp³-hybridized carbons (Fsp3) is 0.538. The Labute approximate surface area is 209 Å². The highest BCUT2D eigenvalue weighted by Gasteiger charge is 2.41. The van der Waals surface area contributed by atoms with Crippen LogP contribution in [0, 0.1) is 40.7 Å². The van der Waals surface area contributed by atoms with E-state index in [-0.39, 0.29) is 23.4 Å². The molecule has 1 aromatic carbocycles. The van der Waals surface area contributed by atoms with Crippen molar-refractivity contribution in [1.29, 1.82) is 5.26 Å². The van der Waals surface area contributed by atoms with E-state index >= 15 is 0 Å². The van der Waals surface area contributed by atoms with E-state index in [9.17, 15) is 13.6 Å². The molecule has 0 spiro atoms. The van der Waals surface area contributed by atoms with E-state index in [0.717, 1.165) is 51.1 Å². The minimum absolute atomic E-state index is 0.0523. The number of ether oxygens (including phenoxy) is 1. The Bertz CT molecular complexity index is 1120. The molecular weight excluding hydrogens is 466 g/mol. The van der Waals surface area contributed by atoms with Gasteiger partial charge < -0.3 is 20.3 Å². The van der Waals surface area contributed by atoms with E-state index in [4.69, 9.17) is 10.00 Å². The third-order valence-electron chi connectivity index (χ3n) is 7.53. The maximum atomic E-state index is 14.5. The van der Waals surface area contributed by atoms with Crippen LogP contribution in [0.25, 0.3) is 11.3 Å². The van der Waals surface area contributed by atoms with Crippen LogP contribution in [0.3, 0.4) is 0 Å². The van der Waals surface area contributed by atoms with Gasteiger partial charge in [-0.3, -0.25) is 4.79 Å². The monoisotopic (exact) mass is 496 g/mol. The van der Waals surface area contributed by atoms with Crippen LogP contribution in [0.15, 0.2) is 24.3 Å². The first-order valence-corrected chi connectivity index (χ1v) is 12.5. The SMILES string of the molecule is N#CCC(=O)Nc1cc(F)c(F)c(-c2ccc(NC3CC4CN(CC5CCOCC5)C[C@H]4C3)nn2)c1. The summed E-state index contributed by atoms with van der Waals surface area (Å²) in [7, 11) is 0. The van der Waals surface area contributed by atoms with Crippen LogP contribution in [-0.2, 0) is 9.53 Å². The molecule has 3 fully saturated rings. The first-order chi connectivity index (χ1) is 17.5. The Hall–Kier alpha value is -3.16. The number of rotatable bonds is 7. The first kappa shape index (κ1) is 24.5. The predicted molar refractivity (Wildman–Crippen MR) is 130 cm³/mol. The second-order valence-corrected chi connectivity index (χ2v) is 10.1. The average Bonchev–Trinajstić information content (AvgIpc) is 3.40. The highest BCUT2D eigenvalue weighted by molar-refractivity contribution is 5.92. The number of anilines is 2. The lowest BCUT2D eigenvalue weighted by Crippen LogP contribution is -2.32. The molecular formula is C26H30F2N6O2. The smallest absolute Gasteiger partial charge is 0.238 e. The third kappa shape index (κ3) is 5.63. The van der Waals surface area contributed by atoms with Crippen molar-refractivity contribution >= 4 is 17.4 Å². The van der Waals surface area contributed by atoms with E-state index in [1.165, 1.54) is 25.5 Å². The highest BCUT2D eigenvalue weighted by Crippen LogP contribution is 2.39. The first-order valence-electron chi connectivity index (χ1n) is 12.5. The van der Waals surface area contributed by atoms with Gasteiger partial charge in [-0.25, -0.2) is 8.78 Å². The lowest BCUT2D eigenvalue weighted by atomic mass is 10.00. The Morgan fingerprint density at radius 2 is 1.89 bits per heavy atom. The number of nitrogens with one attached hydrogen (secondary N) is 2. The molecule has 0 bridgehead atoms. The molecule has 0 radical (unpaired) electrons. The third-order valence-corrected chi connectivity index (χ3v) is 7.53. The summed E-state index contributed by atoms with van der Waals surface area (Å²) in [6, 6.07) is 7.49. The van der Waals surface area contributed by atoms with Gasteiger partial charge in [-0.2, -0.15) is 5.26 Å². The second-order valence-electron chi connectivity index (χ2n) is 10.1. The molecule has 5 rings (SSSR count). The lowest BCUT2D eigenvalue weighted by Gasteiger charge is -2.27. The zero-order valence-electron chi connectivity index (χ0n) is 20.1. The number of hydrogen-bond acceptors (Lipinski definition) is 7. The van der Waals surface area contributed by atoms with Crippen molar-refractivity contribution in [3.05, 3.63) is 35.9 Å². The minimum Gasteiger partial charge on any atom is -0.381 e.